The monoisotopic (exact) mass is 403 g/mol. The molecule has 0 aliphatic carbocycles. The number of benzene rings is 1. The summed E-state index contributed by atoms with van der Waals surface area (Å²) in [7, 11) is 0. The van der Waals surface area contributed by atoms with E-state index in [1.54, 1.807) is 17.9 Å². The predicted octanol–water partition coefficient (Wildman–Crippen LogP) is 3.18. The second-order valence-corrected chi connectivity index (χ2v) is 8.54. The Hall–Kier alpha value is -1.99. The molecule has 3 aliphatic heterocycles. The highest BCUT2D eigenvalue weighted by Gasteiger charge is 2.57. The van der Waals surface area contributed by atoms with Gasteiger partial charge in [-0.15, -0.1) is 0 Å². The van der Waals surface area contributed by atoms with Crippen molar-refractivity contribution in [2.24, 2.45) is 5.92 Å². The summed E-state index contributed by atoms with van der Waals surface area (Å²) in [5.74, 6) is 0.00343. The van der Waals surface area contributed by atoms with E-state index in [1.165, 1.54) is 17.0 Å². The van der Waals surface area contributed by atoms with Gasteiger partial charge in [-0.1, -0.05) is 0 Å². The van der Waals surface area contributed by atoms with Gasteiger partial charge in [-0.25, -0.2) is 14.1 Å². The number of piperidine rings is 1. The van der Waals surface area contributed by atoms with Gasteiger partial charge in [0.25, 0.3) is 5.91 Å². The van der Waals surface area contributed by atoms with Gasteiger partial charge in [0.1, 0.15) is 11.4 Å². The van der Waals surface area contributed by atoms with Crippen molar-refractivity contribution in [3.05, 3.63) is 29.6 Å². The molecule has 7 heteroatoms. The van der Waals surface area contributed by atoms with E-state index in [1.807, 2.05) is 6.92 Å². The van der Waals surface area contributed by atoms with E-state index in [4.69, 9.17) is 4.74 Å². The molecule has 4 rings (SSSR count). The molecule has 3 aliphatic rings. The first-order valence-electron chi connectivity index (χ1n) is 10.7. The number of likely N-dealkylation sites (N-methyl/N-ethyl adjacent to an activating group) is 1. The zero-order valence-electron chi connectivity index (χ0n) is 17.3. The number of nitrogens with zero attached hydrogens (tertiary/aromatic N) is 3. The molecule has 158 valence electrons. The molecule has 0 atom stereocenters. The average molecular weight is 403 g/mol. The van der Waals surface area contributed by atoms with Crippen molar-refractivity contribution in [2.45, 2.75) is 45.1 Å². The Morgan fingerprint density at radius 2 is 1.83 bits per heavy atom. The van der Waals surface area contributed by atoms with E-state index in [0.717, 1.165) is 45.7 Å². The van der Waals surface area contributed by atoms with Gasteiger partial charge < -0.3 is 14.5 Å². The number of hydrogen-bond donors (Lipinski definition) is 0. The van der Waals surface area contributed by atoms with Crippen LogP contribution in [-0.2, 0) is 9.53 Å². The van der Waals surface area contributed by atoms with Gasteiger partial charge in [-0.05, 0) is 69.2 Å². The molecule has 1 spiro atoms. The number of carbonyl (C=O) groups is 2. The number of hydrogen-bond acceptors (Lipinski definition) is 4. The molecule has 0 bridgehead atoms. The van der Waals surface area contributed by atoms with E-state index in [9.17, 15) is 14.0 Å². The van der Waals surface area contributed by atoms with Crippen LogP contribution in [0.5, 0.6) is 0 Å². The van der Waals surface area contributed by atoms with Gasteiger partial charge in [0.15, 0.2) is 0 Å². The third kappa shape index (κ3) is 3.66. The number of ether oxygens (including phenoxy) is 1. The number of halogens is 1. The first kappa shape index (κ1) is 20.3. The number of anilines is 1. The lowest BCUT2D eigenvalue weighted by atomic mass is 9.85. The van der Waals surface area contributed by atoms with E-state index >= 15 is 0 Å². The largest absolute Gasteiger partial charge is 0.381 e. The summed E-state index contributed by atoms with van der Waals surface area (Å²) in [5.41, 5.74) is 0.214. The van der Waals surface area contributed by atoms with Crippen molar-refractivity contribution in [3.63, 3.8) is 0 Å². The molecular formula is C22H30FN3O3. The zero-order valence-corrected chi connectivity index (χ0v) is 17.3. The normalized spacial score (nSPS) is 23.4. The summed E-state index contributed by atoms with van der Waals surface area (Å²) in [4.78, 5) is 31.9. The lowest BCUT2D eigenvalue weighted by molar-refractivity contribution is -0.127. The number of likely N-dealkylation sites (tertiary alicyclic amines) is 1. The SMILES string of the molecule is CCN1C(=O)N(c2cc(C)cc(F)c2)C(=O)C12CCN(CC1CCOCC1)CC2. The molecule has 29 heavy (non-hydrogen) atoms. The Kier molecular flexibility index (Phi) is 5.62. The van der Waals surface area contributed by atoms with E-state index < -0.39 is 11.4 Å². The van der Waals surface area contributed by atoms with Crippen LogP contribution in [0.3, 0.4) is 0 Å². The number of amides is 3. The van der Waals surface area contributed by atoms with Crippen molar-refractivity contribution < 1.29 is 18.7 Å². The second-order valence-electron chi connectivity index (χ2n) is 8.54. The third-order valence-electron chi connectivity index (χ3n) is 6.68. The lowest BCUT2D eigenvalue weighted by Gasteiger charge is -2.43. The molecule has 3 heterocycles. The molecule has 1 aromatic rings. The fourth-order valence-corrected chi connectivity index (χ4v) is 5.11. The lowest BCUT2D eigenvalue weighted by Crippen LogP contribution is -2.57. The van der Waals surface area contributed by atoms with Crippen molar-refractivity contribution in [2.75, 3.05) is 44.3 Å². The first-order valence-corrected chi connectivity index (χ1v) is 10.7. The molecular weight excluding hydrogens is 373 g/mol. The summed E-state index contributed by atoms with van der Waals surface area (Å²) in [6.07, 6.45) is 3.43. The maximum Gasteiger partial charge on any atom is 0.332 e. The molecule has 6 nitrogen and oxygen atoms in total. The summed E-state index contributed by atoms with van der Waals surface area (Å²) < 4.78 is 19.4. The van der Waals surface area contributed by atoms with Crippen LogP contribution in [0, 0.1) is 18.7 Å². The topological polar surface area (TPSA) is 53.1 Å². The molecule has 0 saturated carbocycles. The maximum atomic E-state index is 13.9. The van der Waals surface area contributed by atoms with Crippen molar-refractivity contribution in [1.29, 1.82) is 0 Å². The van der Waals surface area contributed by atoms with Gasteiger partial charge in [0.2, 0.25) is 0 Å². The van der Waals surface area contributed by atoms with Gasteiger partial charge in [0.05, 0.1) is 5.69 Å². The Bertz CT molecular complexity index is 765. The Morgan fingerprint density at radius 1 is 1.14 bits per heavy atom. The summed E-state index contributed by atoms with van der Waals surface area (Å²) >= 11 is 0. The number of rotatable bonds is 4. The molecule has 0 aromatic heterocycles. The standard InChI is InChI=1S/C22H30FN3O3/c1-3-25-21(28)26(19-13-16(2)12-18(23)14-19)20(27)22(25)6-8-24(9-7-22)15-17-4-10-29-11-5-17/h12-14,17H,3-11,15H2,1-2H3. The molecule has 3 fully saturated rings. The third-order valence-corrected chi connectivity index (χ3v) is 6.68. The molecule has 1 aromatic carbocycles. The first-order chi connectivity index (χ1) is 13.9. The van der Waals surface area contributed by atoms with E-state index in [-0.39, 0.29) is 11.9 Å². The van der Waals surface area contributed by atoms with Gasteiger partial charge >= 0.3 is 6.03 Å². The minimum atomic E-state index is -0.807. The minimum Gasteiger partial charge on any atom is -0.381 e. The van der Waals surface area contributed by atoms with Crippen LogP contribution >= 0.6 is 0 Å². The Morgan fingerprint density at radius 3 is 2.45 bits per heavy atom. The molecule has 0 unspecified atom stereocenters. The van der Waals surface area contributed by atoms with Crippen LogP contribution < -0.4 is 4.90 Å². The number of urea groups is 1. The van der Waals surface area contributed by atoms with Crippen molar-refractivity contribution in [3.8, 4) is 0 Å². The van der Waals surface area contributed by atoms with Gasteiger partial charge in [0, 0.05) is 39.4 Å². The quantitative estimate of drug-likeness (QED) is 0.725. The van der Waals surface area contributed by atoms with Crippen LogP contribution in [0.2, 0.25) is 0 Å². The smallest absolute Gasteiger partial charge is 0.332 e. The average Bonchev–Trinajstić information content (AvgIpc) is 2.90. The Labute approximate surface area is 171 Å². The number of carbonyl (C=O) groups excluding carboxylic acids is 2. The molecule has 0 N–H and O–H groups in total. The fraction of sp³-hybridized carbons (Fsp3) is 0.636. The van der Waals surface area contributed by atoms with Crippen LogP contribution in [0.15, 0.2) is 18.2 Å². The van der Waals surface area contributed by atoms with Crippen LogP contribution in [-0.4, -0.2) is 66.7 Å². The van der Waals surface area contributed by atoms with Crippen LogP contribution in [0.4, 0.5) is 14.9 Å². The molecule has 3 amide bonds. The highest BCUT2D eigenvalue weighted by molar-refractivity contribution is 6.23. The number of imide groups is 1. The van der Waals surface area contributed by atoms with Gasteiger partial charge in [-0.2, -0.15) is 0 Å². The summed E-state index contributed by atoms with van der Waals surface area (Å²) in [6.45, 7) is 8.42. The summed E-state index contributed by atoms with van der Waals surface area (Å²) in [6, 6.07) is 4.04. The highest BCUT2D eigenvalue weighted by atomic mass is 19.1. The van der Waals surface area contributed by atoms with Crippen molar-refractivity contribution >= 4 is 17.6 Å². The summed E-state index contributed by atoms with van der Waals surface area (Å²) in [5, 5.41) is 0. The number of aryl methyl sites for hydroxylation is 1. The molecule has 0 radical (unpaired) electrons. The molecule has 3 saturated heterocycles. The van der Waals surface area contributed by atoms with E-state index in [0.29, 0.717) is 36.6 Å². The van der Waals surface area contributed by atoms with Crippen LogP contribution in [0.1, 0.15) is 38.2 Å². The Balaban J connectivity index is 1.52. The van der Waals surface area contributed by atoms with Crippen LogP contribution in [0.25, 0.3) is 0 Å². The second kappa shape index (κ2) is 8.03. The van der Waals surface area contributed by atoms with E-state index in [2.05, 4.69) is 4.90 Å². The predicted molar refractivity (Wildman–Crippen MR) is 108 cm³/mol. The maximum absolute atomic E-state index is 13.9. The zero-order chi connectivity index (χ0) is 20.6. The fourth-order valence-electron chi connectivity index (χ4n) is 5.11. The highest BCUT2D eigenvalue weighted by Crippen LogP contribution is 2.40. The van der Waals surface area contributed by atoms with Gasteiger partial charge in [-0.3, -0.25) is 4.79 Å². The van der Waals surface area contributed by atoms with Crippen molar-refractivity contribution in [1.82, 2.24) is 9.80 Å². The minimum absolute atomic E-state index is 0.208.